The summed E-state index contributed by atoms with van der Waals surface area (Å²) in [4.78, 5) is 23.7. The maximum absolute atomic E-state index is 13.1. The predicted molar refractivity (Wildman–Crippen MR) is 102 cm³/mol. The van der Waals surface area contributed by atoms with Gasteiger partial charge in [0.25, 0.3) is 0 Å². The average molecular weight is 378 g/mol. The molecule has 6 nitrogen and oxygen atoms in total. The number of carboxylic acid groups (broad SMARTS) is 1. The predicted octanol–water partition coefficient (Wildman–Crippen LogP) is 3.06. The van der Waals surface area contributed by atoms with Crippen LogP contribution in [-0.4, -0.2) is 32.6 Å². The molecule has 0 bridgehead atoms. The Morgan fingerprint density at radius 3 is 2.71 bits per heavy atom. The quantitative estimate of drug-likeness (QED) is 0.605. The molecular formula is C21H19FN4O2. The number of aromatic nitrogens is 3. The molecule has 3 aromatic heterocycles. The van der Waals surface area contributed by atoms with Crippen LogP contribution < -0.4 is 5.73 Å². The molecule has 5 rings (SSSR count). The minimum absolute atomic E-state index is 0.248. The van der Waals surface area contributed by atoms with Crippen LogP contribution in [0.3, 0.4) is 0 Å². The summed E-state index contributed by atoms with van der Waals surface area (Å²) >= 11 is 0. The summed E-state index contributed by atoms with van der Waals surface area (Å²) in [5.74, 6) is -1.45. The van der Waals surface area contributed by atoms with Gasteiger partial charge in [0.05, 0.1) is 17.0 Å². The van der Waals surface area contributed by atoms with Crippen LogP contribution in [0.5, 0.6) is 0 Å². The third-order valence-corrected chi connectivity index (χ3v) is 6.02. The molecule has 4 N–H and O–H groups in total. The maximum Gasteiger partial charge on any atom is 0.337 e. The van der Waals surface area contributed by atoms with Gasteiger partial charge in [-0.2, -0.15) is 4.39 Å². The number of hydrogen-bond donors (Lipinski definition) is 3. The van der Waals surface area contributed by atoms with E-state index in [2.05, 4.69) is 15.0 Å². The van der Waals surface area contributed by atoms with E-state index in [4.69, 9.17) is 5.73 Å². The van der Waals surface area contributed by atoms with Gasteiger partial charge >= 0.3 is 5.97 Å². The van der Waals surface area contributed by atoms with Crippen molar-refractivity contribution in [2.75, 3.05) is 6.54 Å². The number of aromatic amines is 1. The van der Waals surface area contributed by atoms with Crippen molar-refractivity contribution in [1.82, 2.24) is 15.0 Å². The second kappa shape index (κ2) is 5.97. The summed E-state index contributed by atoms with van der Waals surface area (Å²) in [5, 5.41) is 9.89. The van der Waals surface area contributed by atoms with Crippen LogP contribution in [0.2, 0.25) is 0 Å². The minimum atomic E-state index is -0.910. The smallest absolute Gasteiger partial charge is 0.337 e. The van der Waals surface area contributed by atoms with E-state index >= 15 is 0 Å². The summed E-state index contributed by atoms with van der Waals surface area (Å²) in [7, 11) is 0. The first-order chi connectivity index (χ1) is 13.5. The number of rotatable bonds is 4. The van der Waals surface area contributed by atoms with Gasteiger partial charge in [-0.05, 0) is 55.0 Å². The molecule has 1 saturated carbocycles. The summed E-state index contributed by atoms with van der Waals surface area (Å²) in [6.07, 6.45) is 6.44. The number of aromatic carboxylic acids is 1. The summed E-state index contributed by atoms with van der Waals surface area (Å²) in [6, 6.07) is 4.86. The van der Waals surface area contributed by atoms with E-state index in [0.29, 0.717) is 29.8 Å². The van der Waals surface area contributed by atoms with Crippen molar-refractivity contribution in [1.29, 1.82) is 0 Å². The van der Waals surface area contributed by atoms with Crippen LogP contribution in [0, 0.1) is 5.95 Å². The Hall–Kier alpha value is -3.06. The highest BCUT2D eigenvalue weighted by molar-refractivity contribution is 5.95. The molecule has 0 amide bonds. The van der Waals surface area contributed by atoms with E-state index in [9.17, 15) is 14.3 Å². The maximum atomic E-state index is 13.1. The van der Waals surface area contributed by atoms with Gasteiger partial charge in [-0.1, -0.05) is 0 Å². The van der Waals surface area contributed by atoms with Crippen LogP contribution in [-0.2, 0) is 18.3 Å². The van der Waals surface area contributed by atoms with E-state index in [-0.39, 0.29) is 5.41 Å². The van der Waals surface area contributed by atoms with Gasteiger partial charge in [0.15, 0.2) is 0 Å². The molecule has 1 fully saturated rings. The fraction of sp³-hybridized carbons (Fsp3) is 0.286. The third kappa shape index (κ3) is 2.46. The Balaban J connectivity index is 1.68. The zero-order valence-electron chi connectivity index (χ0n) is 15.1. The number of nitrogens with one attached hydrogen (secondary N) is 1. The van der Waals surface area contributed by atoms with Gasteiger partial charge in [0, 0.05) is 41.2 Å². The molecule has 3 heterocycles. The van der Waals surface area contributed by atoms with Crippen LogP contribution in [0.15, 0.2) is 30.6 Å². The molecule has 28 heavy (non-hydrogen) atoms. The van der Waals surface area contributed by atoms with E-state index in [1.54, 1.807) is 6.07 Å². The molecule has 7 heteroatoms. The zero-order chi connectivity index (χ0) is 19.5. The standard InChI is InChI=1S/C21H19FN4O2/c22-16-4-2-12(9-25-16)15-7-14-11(8-24-15)1-3-13-17(20(27)28)19(26-18(13)14)21(10-23)5-6-21/h2,4,7-9,26H,1,3,5-6,10,23H2,(H,27,28). The molecule has 0 aliphatic heterocycles. The first kappa shape index (κ1) is 17.1. The fourth-order valence-electron chi connectivity index (χ4n) is 4.22. The van der Waals surface area contributed by atoms with Crippen molar-refractivity contribution in [3.63, 3.8) is 0 Å². The zero-order valence-corrected chi connectivity index (χ0v) is 15.1. The molecule has 0 saturated heterocycles. The van der Waals surface area contributed by atoms with E-state index in [1.165, 1.54) is 12.3 Å². The van der Waals surface area contributed by atoms with Crippen molar-refractivity contribution >= 4 is 5.97 Å². The van der Waals surface area contributed by atoms with E-state index in [0.717, 1.165) is 47.3 Å². The number of nitrogens with two attached hydrogens (primary N) is 1. The van der Waals surface area contributed by atoms with Gasteiger partial charge < -0.3 is 15.8 Å². The van der Waals surface area contributed by atoms with Crippen molar-refractivity contribution in [2.24, 2.45) is 5.73 Å². The minimum Gasteiger partial charge on any atom is -0.478 e. The summed E-state index contributed by atoms with van der Waals surface area (Å²) in [5.41, 5.74) is 11.9. The Bertz CT molecular complexity index is 1100. The Kier molecular flexibility index (Phi) is 3.64. The highest BCUT2D eigenvalue weighted by Crippen LogP contribution is 2.51. The average Bonchev–Trinajstić information content (AvgIpc) is 3.40. The second-order valence-electron chi connectivity index (χ2n) is 7.61. The third-order valence-electron chi connectivity index (χ3n) is 6.02. The van der Waals surface area contributed by atoms with Crippen LogP contribution in [0.1, 0.15) is 40.0 Å². The second-order valence-corrected chi connectivity index (χ2v) is 7.61. The summed E-state index contributed by atoms with van der Waals surface area (Å²) < 4.78 is 13.1. The first-order valence-corrected chi connectivity index (χ1v) is 9.32. The Labute approximate surface area is 160 Å². The Morgan fingerprint density at radius 1 is 1.25 bits per heavy atom. The molecule has 2 aliphatic rings. The lowest BCUT2D eigenvalue weighted by Crippen LogP contribution is -2.23. The van der Waals surface area contributed by atoms with Crippen molar-refractivity contribution < 1.29 is 14.3 Å². The summed E-state index contributed by atoms with van der Waals surface area (Å²) in [6.45, 7) is 0.433. The van der Waals surface area contributed by atoms with Crippen LogP contribution in [0.25, 0.3) is 22.5 Å². The van der Waals surface area contributed by atoms with Gasteiger partial charge in [0.2, 0.25) is 5.95 Å². The van der Waals surface area contributed by atoms with E-state index < -0.39 is 11.9 Å². The number of carbonyl (C=O) groups is 1. The number of carboxylic acids is 1. The lowest BCUT2D eigenvalue weighted by atomic mass is 9.87. The lowest BCUT2D eigenvalue weighted by molar-refractivity contribution is 0.0694. The molecule has 2 aliphatic carbocycles. The molecule has 3 aromatic rings. The molecule has 0 unspecified atom stereocenters. The van der Waals surface area contributed by atoms with E-state index in [1.807, 2.05) is 12.3 Å². The number of halogens is 1. The first-order valence-electron chi connectivity index (χ1n) is 9.32. The number of hydrogen-bond acceptors (Lipinski definition) is 4. The highest BCUT2D eigenvalue weighted by atomic mass is 19.1. The van der Waals surface area contributed by atoms with Gasteiger partial charge in [-0.3, -0.25) is 4.98 Å². The van der Waals surface area contributed by atoms with Gasteiger partial charge in [-0.15, -0.1) is 0 Å². The number of pyridine rings is 2. The van der Waals surface area contributed by atoms with Gasteiger partial charge in [0.1, 0.15) is 0 Å². The number of H-pyrrole nitrogens is 1. The number of fused-ring (bicyclic) bond motifs is 3. The normalized spacial score (nSPS) is 16.4. The van der Waals surface area contributed by atoms with Crippen LogP contribution in [0.4, 0.5) is 4.39 Å². The molecule has 0 aromatic carbocycles. The van der Waals surface area contributed by atoms with Crippen molar-refractivity contribution in [2.45, 2.75) is 31.1 Å². The topological polar surface area (TPSA) is 105 Å². The monoisotopic (exact) mass is 378 g/mol. The van der Waals surface area contributed by atoms with Crippen molar-refractivity contribution in [3.8, 4) is 22.5 Å². The Morgan fingerprint density at radius 2 is 2.07 bits per heavy atom. The van der Waals surface area contributed by atoms with Crippen molar-refractivity contribution in [3.05, 3.63) is 58.9 Å². The lowest BCUT2D eigenvalue weighted by Gasteiger charge is -2.17. The number of aryl methyl sites for hydroxylation is 1. The molecule has 0 spiro atoms. The largest absolute Gasteiger partial charge is 0.478 e. The molecule has 0 radical (unpaired) electrons. The molecule has 142 valence electrons. The molecule has 0 atom stereocenters. The van der Waals surface area contributed by atoms with Crippen LogP contribution >= 0.6 is 0 Å². The molecular weight excluding hydrogens is 359 g/mol. The fourth-order valence-corrected chi connectivity index (χ4v) is 4.22. The number of nitrogens with zero attached hydrogens (tertiary/aromatic N) is 2. The highest BCUT2D eigenvalue weighted by Gasteiger charge is 2.48. The SMILES string of the molecule is NCC1(c2[nH]c3c(c2C(=O)O)CCc2cnc(-c4ccc(F)nc4)cc2-3)CC1. The van der Waals surface area contributed by atoms with Gasteiger partial charge in [-0.25, -0.2) is 9.78 Å².